The van der Waals surface area contributed by atoms with Crippen molar-refractivity contribution in [1.29, 1.82) is 0 Å². The van der Waals surface area contributed by atoms with E-state index in [1.807, 2.05) is 13.8 Å². The Kier molecular flexibility index (Phi) is 3.36. The zero-order chi connectivity index (χ0) is 13.2. The van der Waals surface area contributed by atoms with Crippen molar-refractivity contribution in [2.75, 3.05) is 0 Å². The van der Waals surface area contributed by atoms with Crippen molar-refractivity contribution in [3.8, 4) is 0 Å². The number of halogens is 1. The van der Waals surface area contributed by atoms with E-state index in [0.29, 0.717) is 12.0 Å². The molecule has 1 atom stereocenters. The van der Waals surface area contributed by atoms with Gasteiger partial charge in [0.1, 0.15) is 11.4 Å². The maximum Gasteiger partial charge on any atom is 0.251 e. The molecule has 1 aliphatic heterocycles. The maximum atomic E-state index is 13.0. The van der Waals surface area contributed by atoms with E-state index in [1.165, 1.54) is 18.2 Å². The number of hydrogen-bond acceptors (Lipinski definition) is 2. The fourth-order valence-electron chi connectivity index (χ4n) is 1.94. The standard InChI is InChI=1S/C14H16FNO2/c1-14(2)9-12(6-7-18-14)16-13(17)10-4-3-5-11(15)8-10/h3-8,12H,9H2,1-2H3,(H,16,17). The largest absolute Gasteiger partial charge is 0.496 e. The summed E-state index contributed by atoms with van der Waals surface area (Å²) in [6.07, 6.45) is 4.08. The number of benzene rings is 1. The fraction of sp³-hybridized carbons (Fsp3) is 0.357. The summed E-state index contributed by atoms with van der Waals surface area (Å²) in [5.41, 5.74) is 0.0296. The van der Waals surface area contributed by atoms with Crippen LogP contribution in [0.5, 0.6) is 0 Å². The summed E-state index contributed by atoms with van der Waals surface area (Å²) in [6.45, 7) is 3.91. The molecule has 1 heterocycles. The van der Waals surface area contributed by atoms with Gasteiger partial charge in [0, 0.05) is 12.0 Å². The minimum Gasteiger partial charge on any atom is -0.496 e. The Morgan fingerprint density at radius 3 is 2.94 bits per heavy atom. The Morgan fingerprint density at radius 2 is 2.28 bits per heavy atom. The van der Waals surface area contributed by atoms with Gasteiger partial charge in [0.15, 0.2) is 0 Å². The van der Waals surface area contributed by atoms with Crippen LogP contribution in [-0.2, 0) is 4.74 Å². The van der Waals surface area contributed by atoms with Crippen LogP contribution in [0.25, 0.3) is 0 Å². The van der Waals surface area contributed by atoms with Crippen LogP contribution >= 0.6 is 0 Å². The second kappa shape index (κ2) is 4.80. The van der Waals surface area contributed by atoms with E-state index in [2.05, 4.69) is 5.32 Å². The van der Waals surface area contributed by atoms with Crippen LogP contribution in [-0.4, -0.2) is 17.6 Å². The molecule has 0 saturated carbocycles. The SMILES string of the molecule is CC1(C)CC(NC(=O)c2cccc(F)c2)C=CO1. The van der Waals surface area contributed by atoms with Crippen molar-refractivity contribution >= 4 is 5.91 Å². The predicted octanol–water partition coefficient (Wildman–Crippen LogP) is 2.64. The summed E-state index contributed by atoms with van der Waals surface area (Å²) in [5.74, 6) is -0.688. The normalized spacial score (nSPS) is 21.2. The molecular weight excluding hydrogens is 233 g/mol. The lowest BCUT2D eigenvalue weighted by Gasteiger charge is -2.32. The van der Waals surface area contributed by atoms with Crippen LogP contribution in [0.3, 0.4) is 0 Å². The topological polar surface area (TPSA) is 38.3 Å². The van der Waals surface area contributed by atoms with E-state index in [-0.39, 0.29) is 17.6 Å². The molecule has 18 heavy (non-hydrogen) atoms. The molecule has 1 aromatic rings. The third-order valence-corrected chi connectivity index (χ3v) is 2.81. The molecule has 0 aromatic heterocycles. The quantitative estimate of drug-likeness (QED) is 0.875. The minimum atomic E-state index is -0.412. The summed E-state index contributed by atoms with van der Waals surface area (Å²) in [7, 11) is 0. The molecule has 0 saturated heterocycles. The molecule has 96 valence electrons. The average molecular weight is 249 g/mol. The third-order valence-electron chi connectivity index (χ3n) is 2.81. The zero-order valence-electron chi connectivity index (χ0n) is 10.4. The molecule has 4 heteroatoms. The molecule has 1 unspecified atom stereocenters. The van der Waals surface area contributed by atoms with Crippen LogP contribution in [0.1, 0.15) is 30.6 Å². The monoisotopic (exact) mass is 249 g/mol. The van der Waals surface area contributed by atoms with Crippen molar-refractivity contribution in [1.82, 2.24) is 5.32 Å². The van der Waals surface area contributed by atoms with Gasteiger partial charge in [-0.1, -0.05) is 6.07 Å². The second-order valence-corrected chi connectivity index (χ2v) is 5.00. The fourth-order valence-corrected chi connectivity index (χ4v) is 1.94. The number of rotatable bonds is 2. The van der Waals surface area contributed by atoms with E-state index in [1.54, 1.807) is 18.4 Å². The van der Waals surface area contributed by atoms with E-state index in [9.17, 15) is 9.18 Å². The number of carbonyl (C=O) groups is 1. The molecule has 0 radical (unpaired) electrons. The van der Waals surface area contributed by atoms with Crippen LogP contribution in [0, 0.1) is 5.82 Å². The number of ether oxygens (including phenoxy) is 1. The lowest BCUT2D eigenvalue weighted by Crippen LogP contribution is -2.41. The summed E-state index contributed by atoms with van der Waals surface area (Å²) in [6, 6.07) is 5.56. The lowest BCUT2D eigenvalue weighted by molar-refractivity contribution is 0.0303. The first-order chi connectivity index (χ1) is 8.46. The van der Waals surface area contributed by atoms with Crippen LogP contribution < -0.4 is 5.32 Å². The molecule has 1 aliphatic rings. The summed E-state index contributed by atoms with van der Waals surface area (Å²) >= 11 is 0. The van der Waals surface area contributed by atoms with Gasteiger partial charge >= 0.3 is 0 Å². The second-order valence-electron chi connectivity index (χ2n) is 5.00. The van der Waals surface area contributed by atoms with Crippen molar-refractivity contribution in [3.63, 3.8) is 0 Å². The number of hydrogen-bond donors (Lipinski definition) is 1. The van der Waals surface area contributed by atoms with E-state index in [4.69, 9.17) is 4.74 Å². The first kappa shape index (κ1) is 12.6. The molecule has 1 aromatic carbocycles. The van der Waals surface area contributed by atoms with Crippen molar-refractivity contribution in [3.05, 3.63) is 48.0 Å². The maximum absolute atomic E-state index is 13.0. The van der Waals surface area contributed by atoms with Gasteiger partial charge in [-0.05, 0) is 38.1 Å². The number of nitrogens with one attached hydrogen (secondary N) is 1. The van der Waals surface area contributed by atoms with E-state index in [0.717, 1.165) is 0 Å². The molecule has 0 bridgehead atoms. The number of carbonyl (C=O) groups excluding carboxylic acids is 1. The van der Waals surface area contributed by atoms with E-state index >= 15 is 0 Å². The summed E-state index contributed by atoms with van der Waals surface area (Å²) in [4.78, 5) is 11.9. The molecule has 0 aliphatic carbocycles. The predicted molar refractivity (Wildman–Crippen MR) is 66.6 cm³/mol. The van der Waals surface area contributed by atoms with Crippen molar-refractivity contribution in [2.24, 2.45) is 0 Å². The van der Waals surface area contributed by atoms with Gasteiger partial charge in [0.25, 0.3) is 5.91 Å². The smallest absolute Gasteiger partial charge is 0.251 e. The van der Waals surface area contributed by atoms with Crippen molar-refractivity contribution in [2.45, 2.75) is 31.9 Å². The van der Waals surface area contributed by atoms with Crippen LogP contribution in [0.4, 0.5) is 4.39 Å². The first-order valence-corrected chi connectivity index (χ1v) is 5.87. The lowest BCUT2D eigenvalue weighted by atomic mass is 9.96. The highest BCUT2D eigenvalue weighted by molar-refractivity contribution is 5.94. The van der Waals surface area contributed by atoms with Gasteiger partial charge in [-0.25, -0.2) is 4.39 Å². The molecule has 1 N–H and O–H groups in total. The highest BCUT2D eigenvalue weighted by Gasteiger charge is 2.27. The zero-order valence-corrected chi connectivity index (χ0v) is 10.4. The highest BCUT2D eigenvalue weighted by Crippen LogP contribution is 2.22. The molecule has 3 nitrogen and oxygen atoms in total. The first-order valence-electron chi connectivity index (χ1n) is 5.87. The van der Waals surface area contributed by atoms with E-state index < -0.39 is 5.82 Å². The molecular formula is C14H16FNO2. The Labute approximate surface area is 106 Å². The Hall–Kier alpha value is -1.84. The Morgan fingerprint density at radius 1 is 1.50 bits per heavy atom. The molecule has 2 rings (SSSR count). The Balaban J connectivity index is 2.04. The van der Waals surface area contributed by atoms with Gasteiger partial charge in [-0.15, -0.1) is 0 Å². The number of amides is 1. The highest BCUT2D eigenvalue weighted by atomic mass is 19.1. The Bertz CT molecular complexity index is 482. The molecule has 0 fully saturated rings. The summed E-state index contributed by atoms with van der Waals surface area (Å²) < 4.78 is 18.4. The molecule has 1 amide bonds. The van der Waals surface area contributed by atoms with Gasteiger partial charge in [-0.3, -0.25) is 4.79 Å². The average Bonchev–Trinajstić information content (AvgIpc) is 2.27. The van der Waals surface area contributed by atoms with Crippen LogP contribution in [0.15, 0.2) is 36.6 Å². The molecule has 0 spiro atoms. The van der Waals surface area contributed by atoms with Crippen molar-refractivity contribution < 1.29 is 13.9 Å². The minimum absolute atomic E-state index is 0.0930. The van der Waals surface area contributed by atoms with Gasteiger partial charge in [-0.2, -0.15) is 0 Å². The van der Waals surface area contributed by atoms with Gasteiger partial charge in [0.05, 0.1) is 12.3 Å². The van der Waals surface area contributed by atoms with Crippen LogP contribution in [0.2, 0.25) is 0 Å². The van der Waals surface area contributed by atoms with Gasteiger partial charge in [0.2, 0.25) is 0 Å². The third kappa shape index (κ3) is 3.09. The summed E-state index contributed by atoms with van der Waals surface area (Å²) in [5, 5.41) is 2.85. The van der Waals surface area contributed by atoms with Gasteiger partial charge < -0.3 is 10.1 Å².